The molecule has 228 valence electrons. The number of hydrogen-bond acceptors (Lipinski definition) is 4. The minimum atomic E-state index is -0.555. The summed E-state index contributed by atoms with van der Waals surface area (Å²) < 4.78 is 5.91. The molecule has 0 radical (unpaired) electrons. The van der Waals surface area contributed by atoms with Crippen molar-refractivity contribution in [1.82, 2.24) is 10.2 Å². The molecular formula is C37H47N3O3. The summed E-state index contributed by atoms with van der Waals surface area (Å²) in [6, 6.07) is 27.4. The van der Waals surface area contributed by atoms with E-state index in [0.29, 0.717) is 39.0 Å². The van der Waals surface area contributed by atoms with Crippen LogP contribution in [0.15, 0.2) is 109 Å². The van der Waals surface area contributed by atoms with Gasteiger partial charge in [0.1, 0.15) is 24.4 Å². The first-order valence-corrected chi connectivity index (χ1v) is 15.5. The average Bonchev–Trinajstić information content (AvgIpc) is 3.06. The first kappa shape index (κ1) is 33.3. The van der Waals surface area contributed by atoms with Gasteiger partial charge in [0.2, 0.25) is 11.8 Å². The molecule has 0 aromatic heterocycles. The Bertz CT molecular complexity index is 1300. The van der Waals surface area contributed by atoms with Crippen molar-refractivity contribution in [2.45, 2.75) is 78.1 Å². The van der Waals surface area contributed by atoms with E-state index in [1.807, 2.05) is 99.7 Å². The third-order valence-electron chi connectivity index (χ3n) is 7.36. The molecule has 43 heavy (non-hydrogen) atoms. The van der Waals surface area contributed by atoms with E-state index in [1.54, 1.807) is 4.90 Å². The first-order valence-electron chi connectivity index (χ1n) is 15.5. The molecule has 3 aromatic rings. The molecule has 4 rings (SSSR count). The summed E-state index contributed by atoms with van der Waals surface area (Å²) in [6.07, 6.45) is 9.24. The molecule has 1 saturated heterocycles. The lowest BCUT2D eigenvalue weighted by atomic mass is 9.97. The molecule has 2 atom stereocenters. The number of nitrogens with zero attached hydrogens (tertiary/aromatic N) is 1. The van der Waals surface area contributed by atoms with E-state index >= 15 is 0 Å². The number of nitrogens with one attached hydrogen (secondary N) is 1. The Morgan fingerprint density at radius 2 is 1.51 bits per heavy atom. The smallest absolute Gasteiger partial charge is 0.246 e. The van der Waals surface area contributed by atoms with Crippen LogP contribution in [-0.2, 0) is 27.5 Å². The van der Waals surface area contributed by atoms with Gasteiger partial charge in [0.25, 0.3) is 0 Å². The van der Waals surface area contributed by atoms with Gasteiger partial charge in [-0.15, -0.1) is 0 Å². The zero-order chi connectivity index (χ0) is 30.9. The van der Waals surface area contributed by atoms with E-state index in [1.165, 1.54) is 0 Å². The molecule has 6 nitrogen and oxygen atoms in total. The summed E-state index contributed by atoms with van der Waals surface area (Å²) in [6.45, 7) is 7.40. The van der Waals surface area contributed by atoms with E-state index < -0.39 is 12.1 Å². The van der Waals surface area contributed by atoms with Gasteiger partial charge in [-0.25, -0.2) is 0 Å². The molecule has 0 saturated carbocycles. The Morgan fingerprint density at radius 3 is 2.16 bits per heavy atom. The largest absolute Gasteiger partial charge is 0.489 e. The van der Waals surface area contributed by atoms with Crippen molar-refractivity contribution in [2.24, 2.45) is 5.73 Å². The monoisotopic (exact) mass is 581 g/mol. The van der Waals surface area contributed by atoms with Crippen LogP contribution in [0.25, 0.3) is 11.1 Å². The third-order valence-corrected chi connectivity index (χ3v) is 7.36. The highest BCUT2D eigenvalue weighted by atomic mass is 16.5. The Labute approximate surface area is 257 Å². The van der Waals surface area contributed by atoms with Gasteiger partial charge in [-0.05, 0) is 80.0 Å². The highest BCUT2D eigenvalue weighted by molar-refractivity contribution is 5.97. The highest BCUT2D eigenvalue weighted by Gasteiger charge is 2.39. The Kier molecular flexibility index (Phi) is 14.3. The third kappa shape index (κ3) is 10.3. The van der Waals surface area contributed by atoms with Crippen molar-refractivity contribution in [3.63, 3.8) is 0 Å². The minimum Gasteiger partial charge on any atom is -0.489 e. The number of nitrogens with two attached hydrogens (primary N) is 1. The molecule has 0 spiro atoms. The second-order valence-corrected chi connectivity index (χ2v) is 10.3. The molecule has 3 N–H and O–H groups in total. The van der Waals surface area contributed by atoms with Crippen LogP contribution >= 0.6 is 0 Å². The van der Waals surface area contributed by atoms with E-state index in [4.69, 9.17) is 10.5 Å². The number of ether oxygens (including phenoxy) is 1. The van der Waals surface area contributed by atoms with Gasteiger partial charge in [0.05, 0.1) is 0 Å². The number of amides is 2. The molecule has 1 fully saturated rings. The number of allylic oxidation sites excluding steroid dienone is 3. The number of carbonyl (C=O) groups excluding carboxylic acids is 2. The molecule has 0 bridgehead atoms. The predicted molar refractivity (Wildman–Crippen MR) is 176 cm³/mol. The normalized spacial score (nSPS) is 16.9. The molecule has 0 aliphatic carbocycles. The maximum absolute atomic E-state index is 13.7. The van der Waals surface area contributed by atoms with Crippen LogP contribution in [0, 0.1) is 0 Å². The van der Waals surface area contributed by atoms with Crippen LogP contribution < -0.4 is 11.1 Å². The predicted octanol–water partition coefficient (Wildman–Crippen LogP) is 7.16. The average molecular weight is 582 g/mol. The SMILES string of the molecule is C/C=C(\C=C/CC[C@@H]1NC(=O)[C@H](CCCCN)N(Cc2ccc(-c3ccccc3)cc2)C1=O)OCc1ccccc1.CC. The van der Waals surface area contributed by atoms with Gasteiger partial charge in [0.15, 0.2) is 0 Å². The molecule has 0 unspecified atom stereocenters. The Hall–Kier alpha value is -4.16. The van der Waals surface area contributed by atoms with Gasteiger partial charge >= 0.3 is 0 Å². The summed E-state index contributed by atoms with van der Waals surface area (Å²) in [4.78, 5) is 28.7. The molecule has 6 heteroatoms. The lowest BCUT2D eigenvalue weighted by molar-refractivity contribution is -0.150. The number of carbonyl (C=O) groups is 2. The van der Waals surface area contributed by atoms with Crippen molar-refractivity contribution >= 4 is 11.8 Å². The molecule has 1 aliphatic heterocycles. The van der Waals surface area contributed by atoms with Crippen molar-refractivity contribution < 1.29 is 14.3 Å². The zero-order valence-corrected chi connectivity index (χ0v) is 25.9. The lowest BCUT2D eigenvalue weighted by Crippen LogP contribution is -2.62. The molecule has 1 aliphatic rings. The van der Waals surface area contributed by atoms with Crippen LogP contribution in [0.3, 0.4) is 0 Å². The zero-order valence-electron chi connectivity index (χ0n) is 25.9. The first-order chi connectivity index (χ1) is 21.1. The van der Waals surface area contributed by atoms with Crippen molar-refractivity contribution in [3.05, 3.63) is 120 Å². The second-order valence-electron chi connectivity index (χ2n) is 10.3. The van der Waals surface area contributed by atoms with Crippen molar-refractivity contribution in [2.75, 3.05) is 6.54 Å². The number of benzene rings is 3. The van der Waals surface area contributed by atoms with Crippen LogP contribution in [0.1, 0.15) is 64.0 Å². The highest BCUT2D eigenvalue weighted by Crippen LogP contribution is 2.24. The van der Waals surface area contributed by atoms with E-state index in [-0.39, 0.29) is 11.8 Å². The number of unbranched alkanes of at least 4 members (excludes halogenated alkanes) is 1. The van der Waals surface area contributed by atoms with E-state index in [9.17, 15) is 9.59 Å². The Morgan fingerprint density at radius 1 is 0.860 bits per heavy atom. The summed E-state index contributed by atoms with van der Waals surface area (Å²) in [5.41, 5.74) is 10.1. The lowest BCUT2D eigenvalue weighted by Gasteiger charge is -2.39. The maximum Gasteiger partial charge on any atom is 0.246 e. The van der Waals surface area contributed by atoms with Gasteiger partial charge in [0, 0.05) is 6.54 Å². The molecular weight excluding hydrogens is 534 g/mol. The second kappa shape index (κ2) is 18.4. The standard InChI is InChI=1S/C35H41N3O3.C2H6/c1-2-31(41-26-28-13-5-3-6-14-28)17-9-10-18-32-35(40)38(33(34(39)37-32)19-11-12-24-36)25-27-20-22-30(23-21-27)29-15-7-4-8-16-29;1-2/h2-9,13-17,20-23,32-33H,10-12,18-19,24-26,36H2,1H3,(H,37,39);1-2H3/b17-9-,31-2+;/t32-,33-;/m0./s1. The van der Waals surface area contributed by atoms with Crippen LogP contribution in [0.5, 0.6) is 0 Å². The Balaban J connectivity index is 0.00000248. The van der Waals surface area contributed by atoms with E-state index in [0.717, 1.165) is 40.9 Å². The summed E-state index contributed by atoms with van der Waals surface area (Å²) in [7, 11) is 0. The summed E-state index contributed by atoms with van der Waals surface area (Å²) in [5.74, 6) is 0.653. The molecule has 2 amide bonds. The van der Waals surface area contributed by atoms with Gasteiger partial charge in [-0.3, -0.25) is 9.59 Å². The number of piperazine rings is 1. The fourth-order valence-electron chi connectivity index (χ4n) is 5.04. The fraction of sp³-hybridized carbons (Fsp3) is 0.351. The van der Waals surface area contributed by atoms with Gasteiger partial charge in [-0.2, -0.15) is 0 Å². The number of rotatable bonds is 14. The van der Waals surface area contributed by atoms with Crippen molar-refractivity contribution in [1.29, 1.82) is 0 Å². The van der Waals surface area contributed by atoms with Crippen LogP contribution in [0.4, 0.5) is 0 Å². The van der Waals surface area contributed by atoms with E-state index in [2.05, 4.69) is 29.6 Å². The number of hydrogen-bond donors (Lipinski definition) is 2. The van der Waals surface area contributed by atoms with Crippen LogP contribution in [-0.4, -0.2) is 35.3 Å². The minimum absolute atomic E-state index is 0.0329. The topological polar surface area (TPSA) is 84.7 Å². The van der Waals surface area contributed by atoms with Crippen LogP contribution in [0.2, 0.25) is 0 Å². The van der Waals surface area contributed by atoms with Gasteiger partial charge < -0.3 is 20.7 Å². The maximum atomic E-state index is 13.7. The summed E-state index contributed by atoms with van der Waals surface area (Å²) >= 11 is 0. The van der Waals surface area contributed by atoms with Crippen molar-refractivity contribution in [3.8, 4) is 11.1 Å². The van der Waals surface area contributed by atoms with Gasteiger partial charge in [-0.1, -0.05) is 105 Å². The molecule has 3 aromatic carbocycles. The fourth-order valence-corrected chi connectivity index (χ4v) is 5.04. The molecule has 1 heterocycles. The summed E-state index contributed by atoms with van der Waals surface area (Å²) in [5, 5.41) is 3.00. The quantitative estimate of drug-likeness (QED) is 0.120.